The summed E-state index contributed by atoms with van der Waals surface area (Å²) < 4.78 is 1.77. The van der Waals surface area contributed by atoms with Gasteiger partial charge in [0.15, 0.2) is 0 Å². The maximum atomic E-state index is 10.7. The van der Waals surface area contributed by atoms with Crippen molar-refractivity contribution in [1.82, 2.24) is 9.78 Å². The fraction of sp³-hybridized carbons (Fsp3) is 0.714. The number of aromatic nitrogens is 2. The molecule has 1 aromatic heterocycles. The summed E-state index contributed by atoms with van der Waals surface area (Å²) in [5, 5.41) is 7.91. The molecule has 0 spiro atoms. The average molecular weight is 264 g/mol. The van der Waals surface area contributed by atoms with Crippen molar-refractivity contribution < 1.29 is 4.79 Å². The number of carbonyl (C=O) groups is 1. The molecule has 1 aromatic rings. The topological polar surface area (TPSA) is 72.9 Å². The highest BCUT2D eigenvalue weighted by molar-refractivity contribution is 5.73. The fourth-order valence-corrected chi connectivity index (χ4v) is 2.68. The lowest BCUT2D eigenvalue weighted by molar-refractivity contribution is -0.118. The number of rotatable bonds is 5. The molecule has 5 nitrogen and oxygen atoms in total. The lowest BCUT2D eigenvalue weighted by Gasteiger charge is -2.32. The first-order valence-corrected chi connectivity index (χ1v) is 7.13. The smallest absolute Gasteiger partial charge is 0.219 e. The fourth-order valence-electron chi connectivity index (χ4n) is 2.68. The molecule has 1 saturated carbocycles. The molecule has 1 fully saturated rings. The van der Waals surface area contributed by atoms with Crippen LogP contribution in [-0.4, -0.2) is 21.7 Å². The van der Waals surface area contributed by atoms with E-state index < -0.39 is 0 Å². The molecule has 3 atom stereocenters. The van der Waals surface area contributed by atoms with Crippen LogP contribution >= 0.6 is 0 Å². The quantitative estimate of drug-likeness (QED) is 0.854. The Bertz CT molecular complexity index is 429. The second-order valence-electron chi connectivity index (χ2n) is 5.79. The van der Waals surface area contributed by atoms with Crippen LogP contribution in [0.3, 0.4) is 0 Å². The Morgan fingerprint density at radius 1 is 1.47 bits per heavy atom. The molecule has 0 aliphatic heterocycles. The summed E-state index contributed by atoms with van der Waals surface area (Å²) in [5.74, 6) is 2.20. The molecule has 3 N–H and O–H groups in total. The summed E-state index contributed by atoms with van der Waals surface area (Å²) in [6.07, 6.45) is 5.91. The first-order chi connectivity index (χ1) is 9.04. The van der Waals surface area contributed by atoms with Gasteiger partial charge in [0.05, 0.1) is 0 Å². The lowest BCUT2D eigenvalue weighted by atomic mass is 9.79. The van der Waals surface area contributed by atoms with E-state index in [-0.39, 0.29) is 5.91 Å². The third kappa shape index (κ3) is 3.98. The van der Waals surface area contributed by atoms with E-state index in [1.165, 1.54) is 19.3 Å². The van der Waals surface area contributed by atoms with Gasteiger partial charge in [0.1, 0.15) is 5.82 Å². The molecule has 0 bridgehead atoms. The van der Waals surface area contributed by atoms with E-state index >= 15 is 0 Å². The van der Waals surface area contributed by atoms with Gasteiger partial charge in [-0.2, -0.15) is 5.10 Å². The maximum Gasteiger partial charge on any atom is 0.219 e. The third-order valence-electron chi connectivity index (χ3n) is 4.18. The molecule has 1 heterocycles. The van der Waals surface area contributed by atoms with Crippen LogP contribution in [0.5, 0.6) is 0 Å². The van der Waals surface area contributed by atoms with Crippen molar-refractivity contribution in [1.29, 1.82) is 0 Å². The number of aryl methyl sites for hydroxylation is 1. The molecule has 0 aromatic carbocycles. The predicted molar refractivity (Wildman–Crippen MR) is 75.6 cm³/mol. The zero-order valence-electron chi connectivity index (χ0n) is 11.8. The molecule has 106 valence electrons. The zero-order valence-corrected chi connectivity index (χ0v) is 11.8. The Balaban J connectivity index is 1.84. The van der Waals surface area contributed by atoms with Crippen LogP contribution in [-0.2, 0) is 11.3 Å². The van der Waals surface area contributed by atoms with Crippen LogP contribution in [0.25, 0.3) is 0 Å². The van der Waals surface area contributed by atoms with Crippen molar-refractivity contribution in [2.75, 3.05) is 5.32 Å². The highest BCUT2D eigenvalue weighted by atomic mass is 16.1. The van der Waals surface area contributed by atoms with Gasteiger partial charge in [0, 0.05) is 31.3 Å². The molecule has 19 heavy (non-hydrogen) atoms. The number of hydrogen-bond acceptors (Lipinski definition) is 3. The van der Waals surface area contributed by atoms with Gasteiger partial charge in [0.2, 0.25) is 5.91 Å². The van der Waals surface area contributed by atoms with Crippen molar-refractivity contribution in [3.8, 4) is 0 Å². The number of anilines is 1. The largest absolute Gasteiger partial charge is 0.370 e. The molecule has 1 aliphatic rings. The number of amides is 1. The average Bonchev–Trinajstić information content (AvgIpc) is 2.79. The van der Waals surface area contributed by atoms with Gasteiger partial charge < -0.3 is 11.1 Å². The van der Waals surface area contributed by atoms with Gasteiger partial charge in [-0.25, -0.2) is 0 Å². The lowest BCUT2D eigenvalue weighted by Crippen LogP contribution is -2.30. The first kappa shape index (κ1) is 13.9. The molecule has 1 aliphatic carbocycles. The number of carbonyl (C=O) groups excluding carboxylic acids is 1. The van der Waals surface area contributed by atoms with E-state index in [4.69, 9.17) is 5.73 Å². The normalized spacial score (nSPS) is 27.2. The van der Waals surface area contributed by atoms with E-state index in [9.17, 15) is 4.79 Å². The van der Waals surface area contributed by atoms with Crippen LogP contribution in [0, 0.1) is 11.8 Å². The summed E-state index contributed by atoms with van der Waals surface area (Å²) in [6, 6.07) is 2.48. The number of nitrogens with two attached hydrogens (primary N) is 1. The summed E-state index contributed by atoms with van der Waals surface area (Å²) in [4.78, 5) is 10.7. The van der Waals surface area contributed by atoms with Crippen LogP contribution in [0.4, 0.5) is 5.82 Å². The summed E-state index contributed by atoms with van der Waals surface area (Å²) in [5.41, 5.74) is 5.13. The number of hydrogen-bond donors (Lipinski definition) is 2. The number of nitrogens with one attached hydrogen (secondary N) is 1. The molecule has 1 amide bonds. The molecule has 0 radical (unpaired) electrons. The zero-order chi connectivity index (χ0) is 13.8. The van der Waals surface area contributed by atoms with Gasteiger partial charge in [-0.05, 0) is 31.1 Å². The standard InChI is InChI=1S/C14H24N4O/c1-10-3-4-12(9-11(10)2)16-14-6-8-18(17-14)7-5-13(15)19/h6,8,10-12H,3-5,7,9H2,1-2H3,(H2,15,19)(H,16,17)/t10-,11-,12+/m1/s1. The summed E-state index contributed by atoms with van der Waals surface area (Å²) in [6.45, 7) is 5.21. The molecule has 0 saturated heterocycles. The summed E-state index contributed by atoms with van der Waals surface area (Å²) in [7, 11) is 0. The van der Waals surface area contributed by atoms with Crippen molar-refractivity contribution in [3.63, 3.8) is 0 Å². The Morgan fingerprint density at radius 3 is 2.95 bits per heavy atom. The van der Waals surface area contributed by atoms with E-state index in [1.807, 2.05) is 12.3 Å². The molecular weight excluding hydrogens is 240 g/mol. The van der Waals surface area contributed by atoms with Crippen molar-refractivity contribution in [2.45, 2.75) is 52.1 Å². The summed E-state index contributed by atoms with van der Waals surface area (Å²) >= 11 is 0. The van der Waals surface area contributed by atoms with Gasteiger partial charge in [-0.3, -0.25) is 9.48 Å². The minimum atomic E-state index is -0.292. The van der Waals surface area contributed by atoms with Crippen LogP contribution in [0.1, 0.15) is 39.5 Å². The van der Waals surface area contributed by atoms with E-state index in [2.05, 4.69) is 24.3 Å². The van der Waals surface area contributed by atoms with E-state index in [1.54, 1.807) is 4.68 Å². The molecule has 2 rings (SSSR count). The van der Waals surface area contributed by atoms with Gasteiger partial charge in [0.25, 0.3) is 0 Å². The first-order valence-electron chi connectivity index (χ1n) is 7.13. The Kier molecular flexibility index (Phi) is 4.45. The molecular formula is C14H24N4O. The Labute approximate surface area is 114 Å². The molecule has 5 heteroatoms. The van der Waals surface area contributed by atoms with Gasteiger partial charge in [-0.15, -0.1) is 0 Å². The van der Waals surface area contributed by atoms with Gasteiger partial charge >= 0.3 is 0 Å². The number of nitrogens with zero attached hydrogens (tertiary/aromatic N) is 2. The second kappa shape index (κ2) is 6.08. The van der Waals surface area contributed by atoms with Crippen LogP contribution < -0.4 is 11.1 Å². The van der Waals surface area contributed by atoms with Crippen LogP contribution in [0.2, 0.25) is 0 Å². The highest BCUT2D eigenvalue weighted by Gasteiger charge is 2.24. The predicted octanol–water partition coefficient (Wildman–Crippen LogP) is 2.00. The van der Waals surface area contributed by atoms with Crippen LogP contribution in [0.15, 0.2) is 12.3 Å². The SMILES string of the molecule is C[C@@H]1CC[C@H](Nc2ccn(CCC(N)=O)n2)C[C@H]1C. The van der Waals surface area contributed by atoms with Crippen molar-refractivity contribution >= 4 is 11.7 Å². The van der Waals surface area contributed by atoms with E-state index in [0.717, 1.165) is 17.7 Å². The second-order valence-corrected chi connectivity index (χ2v) is 5.79. The third-order valence-corrected chi connectivity index (χ3v) is 4.18. The van der Waals surface area contributed by atoms with Crippen molar-refractivity contribution in [2.24, 2.45) is 17.6 Å². The van der Waals surface area contributed by atoms with Crippen molar-refractivity contribution in [3.05, 3.63) is 12.3 Å². The Morgan fingerprint density at radius 2 is 2.26 bits per heavy atom. The monoisotopic (exact) mass is 264 g/mol. The highest BCUT2D eigenvalue weighted by Crippen LogP contribution is 2.30. The number of primary amides is 1. The molecule has 0 unspecified atom stereocenters. The maximum absolute atomic E-state index is 10.7. The minimum Gasteiger partial charge on any atom is -0.370 e. The minimum absolute atomic E-state index is 0.292. The van der Waals surface area contributed by atoms with Gasteiger partial charge in [-0.1, -0.05) is 13.8 Å². The Hall–Kier alpha value is -1.52. The van der Waals surface area contributed by atoms with E-state index in [0.29, 0.717) is 19.0 Å².